The molecule has 0 amide bonds. The molecule has 0 saturated carbocycles. The summed E-state index contributed by atoms with van der Waals surface area (Å²) >= 11 is 0. The van der Waals surface area contributed by atoms with E-state index in [1.807, 2.05) is 0 Å². The molecule has 55 valence electrons. The second kappa shape index (κ2) is 160000. The zero-order chi connectivity index (χ0) is 0. The third kappa shape index (κ3) is 102000. The maximum Gasteiger partial charge on any atom is 0 e. The summed E-state index contributed by atoms with van der Waals surface area (Å²) in [4.78, 5) is 0. The first-order valence-corrected chi connectivity index (χ1v) is 0. The summed E-state index contributed by atoms with van der Waals surface area (Å²) in [6, 6.07) is 0. The van der Waals surface area contributed by atoms with Crippen LogP contribution in [0.5, 0.6) is 0 Å². The van der Waals surface area contributed by atoms with Crippen molar-refractivity contribution in [2.75, 3.05) is 0 Å². The van der Waals surface area contributed by atoms with E-state index in [4.69, 9.17) is 0 Å². The molecule has 0 N–H and O–H groups in total. The maximum atomic E-state index is 0. The molecule has 0 atom stereocenters. The number of halogens is 6. The molecule has 0 spiro atoms. The average molecular weight is 363 g/mol. The molecule has 0 aromatic carbocycles. The molecule has 0 nitrogen and oxygen atoms in total. The van der Waals surface area contributed by atoms with Gasteiger partial charge in [0.15, 0.2) is 0 Å². The third-order valence-corrected chi connectivity index (χ3v) is 0. The molecule has 0 aliphatic heterocycles. The summed E-state index contributed by atoms with van der Waals surface area (Å²) < 4.78 is 0. The van der Waals surface area contributed by atoms with Gasteiger partial charge >= 0.3 is 0 Å². The van der Waals surface area contributed by atoms with E-state index in [-0.39, 0.29) is 42.5 Å². The van der Waals surface area contributed by atoms with Gasteiger partial charge in [0.25, 0.3) is 0 Å². The van der Waals surface area contributed by atoms with Gasteiger partial charge in [-0.15, -0.1) is 0 Å². The third-order valence-electron chi connectivity index (χ3n) is 0. The van der Waals surface area contributed by atoms with Crippen molar-refractivity contribution in [2.45, 2.75) is 0 Å². The molecule has 0 aliphatic rings. The number of hydrogen-bond acceptors (Lipinski definition) is 0. The molecule has 1 radical (unpaired) electrons. The Morgan fingerprint density at radius 2 is 0.286 bits per heavy atom. The van der Waals surface area contributed by atoms with E-state index in [9.17, 15) is 0 Å². The molecule has 0 heterocycles. The van der Waals surface area contributed by atoms with Gasteiger partial charge < -0.3 is 0 Å². The molecule has 0 rings (SSSR count). The fourth-order valence-corrected chi connectivity index (χ4v) is 0. The van der Waals surface area contributed by atoms with Gasteiger partial charge in [0.2, 0.25) is 0 Å². The second-order valence-corrected chi connectivity index (χ2v) is 0. The monoisotopic (exact) mass is 361 g/mol. The summed E-state index contributed by atoms with van der Waals surface area (Å²) in [5, 5.41) is 0. The Balaban J connectivity index is 0. The van der Waals surface area contributed by atoms with Gasteiger partial charge in [-0.2, -0.15) is 0 Å². The zero-order valence-electron chi connectivity index (χ0n) is 2.83. The summed E-state index contributed by atoms with van der Waals surface area (Å²) in [6.07, 6.45) is 0. The molecule has 7 heteroatoms. The van der Waals surface area contributed by atoms with E-state index in [1.165, 1.54) is 0 Å². The largest absolute Gasteiger partial charge is 0.269 e. The second-order valence-electron chi connectivity index (χ2n) is 0. The maximum absolute atomic E-state index is 0. The quantitative estimate of drug-likeness (QED) is 0.562. The Hall–Kier alpha value is -0.0304. The Morgan fingerprint density at radius 1 is 0.286 bits per heavy atom. The van der Waals surface area contributed by atoms with Crippen molar-refractivity contribution < 1.29 is 42.5 Å². The summed E-state index contributed by atoms with van der Waals surface area (Å²) in [6.45, 7) is 0. The smallest absolute Gasteiger partial charge is 0 e. The van der Waals surface area contributed by atoms with Crippen LogP contribution in [0, 0.1) is 14.3 Å². The molecule has 0 unspecified atom stereocenters. The van der Waals surface area contributed by atoms with Gasteiger partial charge in [0.05, 0.1) is 0 Å². The molecular weight excluding hydrogens is 357 g/mol. The topological polar surface area (TPSA) is 0 Å². The average Bonchev–Trinajstić information content (AvgIpc) is 0. The van der Waals surface area contributed by atoms with Gasteiger partial charge in [-0.25, -0.2) is 0 Å². The van der Waals surface area contributed by atoms with Crippen molar-refractivity contribution in [3.63, 3.8) is 0 Å². The van der Waals surface area contributed by atoms with Crippen molar-refractivity contribution in [3.05, 3.63) is 0 Å². The SMILES string of the molecule is F.F.F.F.F.F.[Am]. The zero-order valence-corrected chi connectivity index (χ0v) is 5.97. The van der Waals surface area contributed by atoms with Crippen molar-refractivity contribution in [1.29, 1.82) is 0 Å². The van der Waals surface area contributed by atoms with E-state index in [0.29, 0.717) is 0 Å². The van der Waals surface area contributed by atoms with E-state index in [2.05, 4.69) is 0 Å². The molecule has 0 fully saturated rings. The van der Waals surface area contributed by atoms with Gasteiger partial charge in [0.1, 0.15) is 0 Å². The molecular formula is H6AmF6. The molecule has 0 aromatic heterocycles. The van der Waals surface area contributed by atoms with Crippen molar-refractivity contribution in [1.82, 2.24) is 0 Å². The minimum absolute atomic E-state index is 0. The van der Waals surface area contributed by atoms with E-state index in [1.54, 1.807) is 0 Å². The van der Waals surface area contributed by atoms with Crippen LogP contribution in [0.15, 0.2) is 0 Å². The number of rotatable bonds is 0. The van der Waals surface area contributed by atoms with Gasteiger partial charge in [-0.1, -0.05) is 0 Å². The van der Waals surface area contributed by atoms with Crippen LogP contribution < -0.4 is 0 Å². The van der Waals surface area contributed by atoms with Crippen LogP contribution in [0.3, 0.4) is 0 Å². The summed E-state index contributed by atoms with van der Waals surface area (Å²) in [5.74, 6) is 0. The molecule has 7 heavy (non-hydrogen) atoms. The minimum Gasteiger partial charge on any atom is -0.269 e. The minimum atomic E-state index is 0. The van der Waals surface area contributed by atoms with E-state index in [0.717, 1.165) is 0 Å². The van der Waals surface area contributed by atoms with Gasteiger partial charge in [-0.05, 0) is 0 Å². The Bertz CT molecular complexity index is 4.14. The first-order valence-electron chi connectivity index (χ1n) is 0. The Kier molecular flexibility index (Phi) is 6130000000. The van der Waals surface area contributed by atoms with Crippen molar-refractivity contribution in [3.8, 4) is 0 Å². The summed E-state index contributed by atoms with van der Waals surface area (Å²) in [7, 11) is 0. The van der Waals surface area contributed by atoms with Crippen LogP contribution >= 0.6 is 0 Å². The fourth-order valence-electron chi connectivity index (χ4n) is 0. The van der Waals surface area contributed by atoms with Crippen LogP contribution in [0.2, 0.25) is 0 Å². The first kappa shape index (κ1) is 269000. The van der Waals surface area contributed by atoms with E-state index < -0.39 is 0 Å². The first-order chi connectivity index (χ1) is 0. The standard InChI is InChI=1S/Am.6FH/h;6*1H. The fraction of sp³-hybridized carbons (Fsp3) is 0. The Labute approximate surface area is 43.7 Å². The van der Waals surface area contributed by atoms with Crippen LogP contribution in [0.1, 0.15) is 0 Å². The van der Waals surface area contributed by atoms with Crippen LogP contribution in [-0.2, 0) is 0 Å². The summed E-state index contributed by atoms with van der Waals surface area (Å²) in [5.41, 5.74) is 0. The Morgan fingerprint density at radius 3 is 0.286 bits per heavy atom. The van der Waals surface area contributed by atoms with E-state index >= 15 is 0 Å². The molecule has 0 saturated heterocycles. The van der Waals surface area contributed by atoms with Crippen LogP contribution in [-0.4, -0.2) is 0 Å². The van der Waals surface area contributed by atoms with Crippen molar-refractivity contribution >= 4 is 0 Å². The van der Waals surface area contributed by atoms with Gasteiger partial charge in [-0.3, -0.25) is 28.2 Å². The van der Waals surface area contributed by atoms with Crippen LogP contribution in [0.4, 0.5) is 28.2 Å². The predicted molar refractivity (Wildman–Crippen MR) is 15.0 cm³/mol. The number of hydrogen-bond donors (Lipinski definition) is 0. The van der Waals surface area contributed by atoms with Crippen molar-refractivity contribution in [2.24, 2.45) is 0 Å². The molecule has 0 aromatic rings. The predicted octanol–water partition coefficient (Wildman–Crippen LogP) is 0.915. The molecule has 0 aliphatic carbocycles. The normalized spacial score (nSPS) is 0. The van der Waals surface area contributed by atoms with Gasteiger partial charge in [0, 0.05) is 14.3 Å². The molecule has 0 bridgehead atoms. The van der Waals surface area contributed by atoms with Crippen LogP contribution in [0.25, 0.3) is 0 Å².